The molecule has 0 aromatic carbocycles. The van der Waals surface area contributed by atoms with E-state index in [-0.39, 0.29) is 5.03 Å². The van der Waals surface area contributed by atoms with Crippen molar-refractivity contribution in [2.24, 2.45) is 5.92 Å². The topological polar surface area (TPSA) is 86.9 Å². The van der Waals surface area contributed by atoms with E-state index in [1.54, 1.807) is 7.05 Å². The van der Waals surface area contributed by atoms with Crippen LogP contribution in [-0.2, 0) is 16.6 Å². The molecule has 6 nitrogen and oxygen atoms in total. The minimum atomic E-state index is -3.46. The fraction of sp³-hybridized carbons (Fsp3) is 0.727. The SMILES string of the molecule is CNCc1cn[nH]c1S(=O)(=O)NCCC1CCC1. The Hall–Kier alpha value is -0.920. The van der Waals surface area contributed by atoms with E-state index < -0.39 is 10.0 Å². The van der Waals surface area contributed by atoms with Crippen LogP contribution in [0.25, 0.3) is 0 Å². The van der Waals surface area contributed by atoms with Gasteiger partial charge in [0.15, 0.2) is 5.03 Å². The standard InChI is InChI=1S/C11H20N4O2S/c1-12-7-10-8-13-15-11(10)18(16,17)14-6-5-9-3-2-4-9/h8-9,12,14H,2-7H2,1H3,(H,13,15). The van der Waals surface area contributed by atoms with Crippen molar-refractivity contribution in [3.05, 3.63) is 11.8 Å². The van der Waals surface area contributed by atoms with E-state index in [0.717, 1.165) is 6.42 Å². The molecule has 0 saturated heterocycles. The maximum Gasteiger partial charge on any atom is 0.257 e. The van der Waals surface area contributed by atoms with Gasteiger partial charge in [0.1, 0.15) is 0 Å². The lowest BCUT2D eigenvalue weighted by Crippen LogP contribution is -2.28. The van der Waals surface area contributed by atoms with Crippen LogP contribution in [-0.4, -0.2) is 32.2 Å². The van der Waals surface area contributed by atoms with Gasteiger partial charge in [-0.05, 0) is 19.4 Å². The van der Waals surface area contributed by atoms with Crippen molar-refractivity contribution >= 4 is 10.0 Å². The molecular formula is C11H20N4O2S. The maximum atomic E-state index is 12.1. The highest BCUT2D eigenvalue weighted by Gasteiger charge is 2.22. The third kappa shape index (κ3) is 3.09. The summed E-state index contributed by atoms with van der Waals surface area (Å²) in [6.45, 7) is 0.986. The van der Waals surface area contributed by atoms with Crippen molar-refractivity contribution in [3.63, 3.8) is 0 Å². The molecule has 0 unspecified atom stereocenters. The first-order valence-electron chi connectivity index (χ1n) is 6.30. The molecule has 18 heavy (non-hydrogen) atoms. The number of sulfonamides is 1. The molecule has 7 heteroatoms. The van der Waals surface area contributed by atoms with Crippen LogP contribution in [0.1, 0.15) is 31.2 Å². The van der Waals surface area contributed by atoms with Gasteiger partial charge in [-0.15, -0.1) is 0 Å². The minimum absolute atomic E-state index is 0.172. The van der Waals surface area contributed by atoms with Gasteiger partial charge in [0.05, 0.1) is 6.20 Å². The lowest BCUT2D eigenvalue weighted by molar-refractivity contribution is 0.297. The molecule has 3 N–H and O–H groups in total. The van der Waals surface area contributed by atoms with Crippen molar-refractivity contribution in [2.45, 2.75) is 37.3 Å². The Bertz CT molecular complexity index is 479. The monoisotopic (exact) mass is 272 g/mol. The van der Waals surface area contributed by atoms with Crippen LogP contribution < -0.4 is 10.0 Å². The highest BCUT2D eigenvalue weighted by Crippen LogP contribution is 2.28. The van der Waals surface area contributed by atoms with Gasteiger partial charge in [0.2, 0.25) is 0 Å². The van der Waals surface area contributed by atoms with Crippen molar-refractivity contribution in [3.8, 4) is 0 Å². The van der Waals surface area contributed by atoms with Gasteiger partial charge in [-0.1, -0.05) is 19.3 Å². The second-order valence-corrected chi connectivity index (χ2v) is 6.44. The fourth-order valence-electron chi connectivity index (χ4n) is 2.10. The van der Waals surface area contributed by atoms with Crippen LogP contribution in [0.15, 0.2) is 11.2 Å². The number of H-pyrrole nitrogens is 1. The Morgan fingerprint density at radius 3 is 2.89 bits per heavy atom. The Morgan fingerprint density at radius 2 is 2.28 bits per heavy atom. The highest BCUT2D eigenvalue weighted by atomic mass is 32.2. The van der Waals surface area contributed by atoms with Crippen LogP contribution in [0.3, 0.4) is 0 Å². The molecule has 0 aliphatic heterocycles. The lowest BCUT2D eigenvalue weighted by atomic mass is 9.83. The predicted octanol–water partition coefficient (Wildman–Crippen LogP) is 0.598. The van der Waals surface area contributed by atoms with E-state index in [1.165, 1.54) is 25.5 Å². The number of hydrogen-bond donors (Lipinski definition) is 3. The van der Waals surface area contributed by atoms with Gasteiger partial charge in [-0.3, -0.25) is 5.10 Å². The number of nitrogens with zero attached hydrogens (tertiary/aromatic N) is 1. The quantitative estimate of drug-likeness (QED) is 0.678. The van der Waals surface area contributed by atoms with E-state index in [9.17, 15) is 8.42 Å². The zero-order valence-electron chi connectivity index (χ0n) is 10.6. The molecule has 0 spiro atoms. The highest BCUT2D eigenvalue weighted by molar-refractivity contribution is 7.89. The van der Waals surface area contributed by atoms with Crippen molar-refractivity contribution in [1.29, 1.82) is 0 Å². The van der Waals surface area contributed by atoms with E-state index in [2.05, 4.69) is 20.2 Å². The molecule has 1 aromatic heterocycles. The molecule has 1 aromatic rings. The second kappa shape index (κ2) is 5.81. The van der Waals surface area contributed by atoms with Crippen molar-refractivity contribution in [1.82, 2.24) is 20.2 Å². The molecule has 1 aliphatic carbocycles. The molecule has 0 amide bonds. The summed E-state index contributed by atoms with van der Waals surface area (Å²) in [6.07, 6.45) is 6.21. The van der Waals surface area contributed by atoms with Gasteiger partial charge in [-0.25, -0.2) is 13.1 Å². The summed E-state index contributed by atoms with van der Waals surface area (Å²) in [7, 11) is -1.69. The van der Waals surface area contributed by atoms with Gasteiger partial charge >= 0.3 is 0 Å². The van der Waals surface area contributed by atoms with Gasteiger partial charge in [0.25, 0.3) is 10.0 Å². The molecular weight excluding hydrogens is 252 g/mol. The zero-order valence-corrected chi connectivity index (χ0v) is 11.4. The third-order valence-corrected chi connectivity index (χ3v) is 4.86. The largest absolute Gasteiger partial charge is 0.316 e. The Balaban J connectivity index is 1.93. The Morgan fingerprint density at radius 1 is 1.50 bits per heavy atom. The smallest absolute Gasteiger partial charge is 0.257 e. The average Bonchev–Trinajstić information content (AvgIpc) is 2.71. The second-order valence-electron chi connectivity index (χ2n) is 4.74. The first kappa shape index (κ1) is 13.5. The number of aromatic nitrogens is 2. The van der Waals surface area contributed by atoms with E-state index in [4.69, 9.17) is 0 Å². The predicted molar refractivity (Wildman–Crippen MR) is 68.5 cm³/mol. The minimum Gasteiger partial charge on any atom is -0.316 e. The molecule has 0 bridgehead atoms. The summed E-state index contributed by atoms with van der Waals surface area (Å²) < 4.78 is 26.8. The van der Waals surface area contributed by atoms with E-state index in [0.29, 0.717) is 24.6 Å². The van der Waals surface area contributed by atoms with Crippen LogP contribution >= 0.6 is 0 Å². The van der Waals surface area contributed by atoms with Crippen LogP contribution in [0, 0.1) is 5.92 Å². The van der Waals surface area contributed by atoms with Crippen LogP contribution in [0.5, 0.6) is 0 Å². The molecule has 1 fully saturated rings. The first-order chi connectivity index (χ1) is 8.63. The number of rotatable bonds is 7. The third-order valence-electron chi connectivity index (χ3n) is 3.38. The summed E-state index contributed by atoms with van der Waals surface area (Å²) in [4.78, 5) is 0. The fourth-order valence-corrected chi connectivity index (χ4v) is 3.27. The maximum absolute atomic E-state index is 12.1. The molecule has 0 radical (unpaired) electrons. The number of hydrogen-bond acceptors (Lipinski definition) is 4. The van der Waals surface area contributed by atoms with Crippen LogP contribution in [0.4, 0.5) is 0 Å². The van der Waals surface area contributed by atoms with Gasteiger partial charge in [0, 0.05) is 18.7 Å². The van der Waals surface area contributed by atoms with Gasteiger partial charge < -0.3 is 5.32 Å². The molecule has 2 rings (SSSR count). The summed E-state index contributed by atoms with van der Waals surface area (Å²) >= 11 is 0. The van der Waals surface area contributed by atoms with Crippen LogP contribution in [0.2, 0.25) is 0 Å². The molecule has 1 heterocycles. The van der Waals surface area contributed by atoms with Gasteiger partial charge in [-0.2, -0.15) is 5.10 Å². The summed E-state index contributed by atoms with van der Waals surface area (Å²) in [5, 5.41) is 9.44. The summed E-state index contributed by atoms with van der Waals surface area (Å²) in [5.41, 5.74) is 0.661. The van der Waals surface area contributed by atoms with Crippen molar-refractivity contribution < 1.29 is 8.42 Å². The van der Waals surface area contributed by atoms with E-state index >= 15 is 0 Å². The number of nitrogens with one attached hydrogen (secondary N) is 3. The summed E-state index contributed by atoms with van der Waals surface area (Å²) in [6, 6.07) is 0. The molecule has 102 valence electrons. The molecule has 0 atom stereocenters. The van der Waals surface area contributed by atoms with Crippen molar-refractivity contribution in [2.75, 3.05) is 13.6 Å². The number of aromatic amines is 1. The zero-order chi connectivity index (χ0) is 13.0. The van der Waals surface area contributed by atoms with E-state index in [1.807, 2.05) is 0 Å². The Kier molecular flexibility index (Phi) is 4.36. The first-order valence-corrected chi connectivity index (χ1v) is 7.78. The molecule has 1 saturated carbocycles. The Labute approximate surface area is 108 Å². The lowest BCUT2D eigenvalue weighted by Gasteiger charge is -2.25. The molecule has 1 aliphatic rings. The average molecular weight is 272 g/mol. The normalized spacial score (nSPS) is 16.7. The summed E-state index contributed by atoms with van der Waals surface area (Å²) in [5.74, 6) is 0.700.